The maximum absolute atomic E-state index is 12.5. The highest BCUT2D eigenvalue weighted by atomic mass is 16.6. The zero-order valence-electron chi connectivity index (χ0n) is 12.4. The zero-order valence-corrected chi connectivity index (χ0v) is 12.4. The van der Waals surface area contributed by atoms with Crippen LogP contribution in [0.4, 0.5) is 5.69 Å². The van der Waals surface area contributed by atoms with Crippen molar-refractivity contribution in [1.29, 1.82) is 0 Å². The Morgan fingerprint density at radius 2 is 2.00 bits per heavy atom. The number of non-ortho nitro benzene ring substituents is 1. The van der Waals surface area contributed by atoms with Gasteiger partial charge in [-0.3, -0.25) is 24.0 Å². The number of nitro groups is 1. The summed E-state index contributed by atoms with van der Waals surface area (Å²) in [5.74, 6) is 0. The van der Waals surface area contributed by atoms with Crippen LogP contribution >= 0.6 is 0 Å². The predicted molar refractivity (Wildman–Crippen MR) is 81.3 cm³/mol. The fourth-order valence-electron chi connectivity index (χ4n) is 2.40. The maximum Gasteiger partial charge on any atom is 0.331 e. The van der Waals surface area contributed by atoms with Crippen LogP contribution in [0.3, 0.4) is 0 Å². The van der Waals surface area contributed by atoms with Gasteiger partial charge in [0.05, 0.1) is 15.8 Å². The van der Waals surface area contributed by atoms with Crippen LogP contribution in [-0.4, -0.2) is 27.8 Å². The van der Waals surface area contributed by atoms with E-state index in [9.17, 15) is 19.7 Å². The van der Waals surface area contributed by atoms with Crippen molar-refractivity contribution in [2.24, 2.45) is 0 Å². The second-order valence-electron chi connectivity index (χ2n) is 4.79. The largest absolute Gasteiger partial charge is 0.385 e. The standard InChI is InChI=1S/C14H17N3O5/c1-3-15-12-6-5-10(17(20)21)9-11(12)13(18)16(14(15)19)7-4-8-22-2/h5-6,9H,3-4,7-8H2,1-2H3. The van der Waals surface area contributed by atoms with E-state index in [1.807, 2.05) is 0 Å². The number of benzene rings is 1. The molecule has 0 N–H and O–H groups in total. The van der Waals surface area contributed by atoms with E-state index in [4.69, 9.17) is 4.74 Å². The van der Waals surface area contributed by atoms with Gasteiger partial charge in [-0.1, -0.05) is 0 Å². The quantitative estimate of drug-likeness (QED) is 0.453. The van der Waals surface area contributed by atoms with E-state index < -0.39 is 16.2 Å². The van der Waals surface area contributed by atoms with Gasteiger partial charge in [0, 0.05) is 38.9 Å². The Morgan fingerprint density at radius 1 is 1.27 bits per heavy atom. The smallest absolute Gasteiger partial charge is 0.331 e. The number of hydrogen-bond donors (Lipinski definition) is 0. The first-order valence-corrected chi connectivity index (χ1v) is 6.92. The second-order valence-corrected chi connectivity index (χ2v) is 4.79. The Labute approximate surface area is 125 Å². The van der Waals surface area contributed by atoms with Crippen molar-refractivity contribution in [1.82, 2.24) is 9.13 Å². The van der Waals surface area contributed by atoms with Crippen molar-refractivity contribution in [3.05, 3.63) is 49.2 Å². The number of aryl methyl sites for hydroxylation is 1. The zero-order chi connectivity index (χ0) is 16.3. The molecule has 22 heavy (non-hydrogen) atoms. The third-order valence-electron chi connectivity index (χ3n) is 3.47. The van der Waals surface area contributed by atoms with E-state index in [1.54, 1.807) is 6.92 Å². The number of aromatic nitrogens is 2. The van der Waals surface area contributed by atoms with Crippen molar-refractivity contribution in [2.75, 3.05) is 13.7 Å². The van der Waals surface area contributed by atoms with Gasteiger partial charge in [0.25, 0.3) is 11.2 Å². The molecule has 1 heterocycles. The highest BCUT2D eigenvalue weighted by molar-refractivity contribution is 5.80. The summed E-state index contributed by atoms with van der Waals surface area (Å²) in [6.45, 7) is 2.79. The van der Waals surface area contributed by atoms with Crippen molar-refractivity contribution in [2.45, 2.75) is 26.4 Å². The average Bonchev–Trinajstić information content (AvgIpc) is 2.50. The number of nitro benzene ring substituents is 1. The SMILES string of the molecule is CCn1c(=O)n(CCCOC)c(=O)c2cc([N+](=O)[O-])ccc21. The Balaban J connectivity index is 2.72. The van der Waals surface area contributed by atoms with E-state index in [-0.39, 0.29) is 17.6 Å². The van der Waals surface area contributed by atoms with Crippen LogP contribution in [0.1, 0.15) is 13.3 Å². The summed E-state index contributed by atoms with van der Waals surface area (Å²) in [5.41, 5.74) is -0.685. The first-order chi connectivity index (χ1) is 10.5. The molecule has 0 amide bonds. The topological polar surface area (TPSA) is 96.4 Å². The van der Waals surface area contributed by atoms with Crippen molar-refractivity contribution < 1.29 is 9.66 Å². The Bertz CT molecular complexity index is 822. The number of rotatable bonds is 6. The molecule has 8 heteroatoms. The number of ether oxygens (including phenoxy) is 1. The van der Waals surface area contributed by atoms with Gasteiger partial charge in [0.2, 0.25) is 0 Å². The summed E-state index contributed by atoms with van der Waals surface area (Å²) in [7, 11) is 1.54. The van der Waals surface area contributed by atoms with Gasteiger partial charge in [-0.2, -0.15) is 0 Å². The van der Waals surface area contributed by atoms with Gasteiger partial charge in [-0.25, -0.2) is 4.79 Å². The number of fused-ring (bicyclic) bond motifs is 1. The Kier molecular flexibility index (Phi) is 4.71. The molecule has 0 saturated heterocycles. The summed E-state index contributed by atoms with van der Waals surface area (Å²) in [6, 6.07) is 3.96. The average molecular weight is 307 g/mol. The van der Waals surface area contributed by atoms with Gasteiger partial charge in [-0.05, 0) is 19.4 Å². The Morgan fingerprint density at radius 3 is 2.59 bits per heavy atom. The van der Waals surface area contributed by atoms with Crippen LogP contribution in [0.15, 0.2) is 27.8 Å². The van der Waals surface area contributed by atoms with E-state index in [0.29, 0.717) is 25.1 Å². The third-order valence-corrected chi connectivity index (χ3v) is 3.47. The van der Waals surface area contributed by atoms with Crippen LogP contribution in [0.25, 0.3) is 10.9 Å². The molecule has 2 aromatic rings. The molecule has 0 radical (unpaired) electrons. The molecule has 0 aliphatic rings. The van der Waals surface area contributed by atoms with E-state index in [2.05, 4.69) is 0 Å². The molecular formula is C14H17N3O5. The Hall–Kier alpha value is -2.48. The minimum absolute atomic E-state index is 0.172. The molecule has 8 nitrogen and oxygen atoms in total. The van der Waals surface area contributed by atoms with Crippen LogP contribution in [0, 0.1) is 10.1 Å². The molecule has 0 atom stereocenters. The van der Waals surface area contributed by atoms with Crippen LogP contribution < -0.4 is 11.2 Å². The van der Waals surface area contributed by atoms with Crippen molar-refractivity contribution >= 4 is 16.6 Å². The molecule has 0 aliphatic heterocycles. The van der Waals surface area contributed by atoms with Crippen molar-refractivity contribution in [3.63, 3.8) is 0 Å². The molecule has 0 fully saturated rings. The summed E-state index contributed by atoms with van der Waals surface area (Å²) < 4.78 is 7.47. The highest BCUT2D eigenvalue weighted by Crippen LogP contribution is 2.17. The molecule has 0 spiro atoms. The lowest BCUT2D eigenvalue weighted by atomic mass is 10.2. The van der Waals surface area contributed by atoms with Crippen LogP contribution in [0.5, 0.6) is 0 Å². The lowest BCUT2D eigenvalue weighted by molar-refractivity contribution is -0.384. The van der Waals surface area contributed by atoms with E-state index >= 15 is 0 Å². The number of nitrogens with zero attached hydrogens (tertiary/aromatic N) is 3. The maximum atomic E-state index is 12.5. The van der Waals surface area contributed by atoms with Gasteiger partial charge in [0.1, 0.15) is 0 Å². The lowest BCUT2D eigenvalue weighted by Crippen LogP contribution is -2.40. The van der Waals surface area contributed by atoms with Gasteiger partial charge < -0.3 is 4.74 Å². The van der Waals surface area contributed by atoms with E-state index in [1.165, 1.54) is 29.9 Å². The summed E-state index contributed by atoms with van der Waals surface area (Å²) in [6.07, 6.45) is 0.510. The molecule has 0 saturated carbocycles. The molecule has 0 unspecified atom stereocenters. The van der Waals surface area contributed by atoms with Gasteiger partial charge in [0.15, 0.2) is 0 Å². The van der Waals surface area contributed by atoms with Gasteiger partial charge >= 0.3 is 5.69 Å². The van der Waals surface area contributed by atoms with E-state index in [0.717, 1.165) is 4.57 Å². The highest BCUT2D eigenvalue weighted by Gasteiger charge is 2.15. The first kappa shape index (κ1) is 15.9. The van der Waals surface area contributed by atoms with Crippen molar-refractivity contribution in [3.8, 4) is 0 Å². The first-order valence-electron chi connectivity index (χ1n) is 6.92. The fourth-order valence-corrected chi connectivity index (χ4v) is 2.40. The molecule has 2 rings (SSSR count). The fraction of sp³-hybridized carbons (Fsp3) is 0.429. The molecule has 1 aromatic heterocycles. The number of hydrogen-bond acceptors (Lipinski definition) is 5. The molecule has 118 valence electrons. The minimum Gasteiger partial charge on any atom is -0.385 e. The molecule has 0 aliphatic carbocycles. The predicted octanol–water partition coefficient (Wildman–Crippen LogP) is 1.13. The minimum atomic E-state index is -0.560. The van der Waals surface area contributed by atoms with Crippen LogP contribution in [-0.2, 0) is 17.8 Å². The summed E-state index contributed by atoms with van der Waals surface area (Å²) in [4.78, 5) is 35.2. The van der Waals surface area contributed by atoms with Crippen LogP contribution in [0.2, 0.25) is 0 Å². The molecule has 0 bridgehead atoms. The second kappa shape index (κ2) is 6.52. The summed E-state index contributed by atoms with van der Waals surface area (Å²) >= 11 is 0. The molecule has 1 aromatic carbocycles. The monoisotopic (exact) mass is 307 g/mol. The third kappa shape index (κ3) is 2.77. The number of methoxy groups -OCH3 is 1. The normalized spacial score (nSPS) is 11.0. The van der Waals surface area contributed by atoms with Gasteiger partial charge in [-0.15, -0.1) is 0 Å². The summed E-state index contributed by atoms with van der Waals surface area (Å²) in [5, 5.41) is 11.1. The molecular weight excluding hydrogens is 290 g/mol. The lowest BCUT2D eigenvalue weighted by Gasteiger charge is -2.12.